The highest BCUT2D eigenvalue weighted by molar-refractivity contribution is 5.28. The second kappa shape index (κ2) is 6.16. The third-order valence-electron chi connectivity index (χ3n) is 5.07. The van der Waals surface area contributed by atoms with Crippen molar-refractivity contribution in [1.82, 2.24) is 0 Å². The molecule has 2 aliphatic rings. The van der Waals surface area contributed by atoms with Crippen LogP contribution in [-0.2, 0) is 0 Å². The first-order valence-electron chi connectivity index (χ1n) is 8.09. The van der Waals surface area contributed by atoms with E-state index in [1.165, 1.54) is 31.3 Å². The van der Waals surface area contributed by atoms with Gasteiger partial charge < -0.3 is 0 Å². The molecule has 1 fully saturated rings. The molecule has 0 aromatic heterocycles. The minimum atomic E-state index is 0.387. The molecule has 3 unspecified atom stereocenters. The standard InChI is InChI=1S/C20H30/c1-15(2)8-7-13-20(5)18-12-11-16(3)9-6-10-17(4)14-19(18)20/h7-9,13-14,18-19H,6,10-12H2,1-5H3/b13-7+,16-9-,17-14+. The number of allylic oxidation sites excluding steroid dienone is 8. The maximum atomic E-state index is 2.56. The molecular formula is C20H30. The minimum absolute atomic E-state index is 0.387. The monoisotopic (exact) mass is 270 g/mol. The van der Waals surface area contributed by atoms with Crippen LogP contribution in [0.3, 0.4) is 0 Å². The molecule has 0 aromatic carbocycles. The van der Waals surface area contributed by atoms with Gasteiger partial charge in [0.25, 0.3) is 0 Å². The van der Waals surface area contributed by atoms with Crippen molar-refractivity contribution in [3.63, 3.8) is 0 Å². The average molecular weight is 270 g/mol. The van der Waals surface area contributed by atoms with Gasteiger partial charge in [-0.05, 0) is 70.6 Å². The maximum absolute atomic E-state index is 2.56. The average Bonchev–Trinajstić information content (AvgIpc) is 2.90. The molecule has 2 rings (SSSR count). The number of rotatable bonds is 2. The van der Waals surface area contributed by atoms with E-state index in [-0.39, 0.29) is 0 Å². The van der Waals surface area contributed by atoms with Crippen LogP contribution >= 0.6 is 0 Å². The van der Waals surface area contributed by atoms with E-state index >= 15 is 0 Å². The van der Waals surface area contributed by atoms with Crippen LogP contribution in [0.1, 0.15) is 60.3 Å². The van der Waals surface area contributed by atoms with Crippen LogP contribution < -0.4 is 0 Å². The smallest absolute Gasteiger partial charge is 0.00433 e. The fourth-order valence-corrected chi connectivity index (χ4v) is 3.55. The molecule has 0 radical (unpaired) electrons. The van der Waals surface area contributed by atoms with E-state index in [1.807, 2.05) is 0 Å². The summed E-state index contributed by atoms with van der Waals surface area (Å²) >= 11 is 0. The SMILES string of the molecule is CC(C)=C/C=C/C1(C)C2/C=C(\C)CC/C=C(/C)CCC21. The second-order valence-corrected chi connectivity index (χ2v) is 7.24. The van der Waals surface area contributed by atoms with Crippen LogP contribution in [0.25, 0.3) is 0 Å². The minimum Gasteiger partial charge on any atom is -0.0853 e. The van der Waals surface area contributed by atoms with Gasteiger partial charge in [-0.15, -0.1) is 0 Å². The zero-order chi connectivity index (χ0) is 14.8. The number of fused-ring (bicyclic) bond motifs is 1. The summed E-state index contributed by atoms with van der Waals surface area (Å²) in [4.78, 5) is 0. The van der Waals surface area contributed by atoms with Gasteiger partial charge in [0.2, 0.25) is 0 Å². The van der Waals surface area contributed by atoms with Crippen LogP contribution in [0, 0.1) is 17.3 Å². The Balaban J connectivity index is 2.15. The highest BCUT2D eigenvalue weighted by Gasteiger charge is 2.57. The van der Waals surface area contributed by atoms with Crippen molar-refractivity contribution in [2.24, 2.45) is 17.3 Å². The van der Waals surface area contributed by atoms with Gasteiger partial charge >= 0.3 is 0 Å². The molecule has 0 amide bonds. The Kier molecular flexibility index (Phi) is 4.73. The molecule has 0 bridgehead atoms. The third-order valence-corrected chi connectivity index (χ3v) is 5.07. The van der Waals surface area contributed by atoms with Gasteiger partial charge in [0, 0.05) is 0 Å². The molecule has 2 aliphatic carbocycles. The van der Waals surface area contributed by atoms with E-state index in [0.29, 0.717) is 5.41 Å². The summed E-state index contributed by atoms with van der Waals surface area (Å²) in [6.07, 6.45) is 17.0. The molecule has 20 heavy (non-hydrogen) atoms. The summed E-state index contributed by atoms with van der Waals surface area (Å²) < 4.78 is 0. The Morgan fingerprint density at radius 1 is 1.20 bits per heavy atom. The van der Waals surface area contributed by atoms with E-state index in [4.69, 9.17) is 0 Å². The summed E-state index contributed by atoms with van der Waals surface area (Å²) in [5.74, 6) is 1.59. The lowest BCUT2D eigenvalue weighted by Crippen LogP contribution is -1.94. The number of hydrogen-bond acceptors (Lipinski definition) is 0. The van der Waals surface area contributed by atoms with Crippen molar-refractivity contribution in [2.75, 3.05) is 0 Å². The number of hydrogen-bond donors (Lipinski definition) is 0. The van der Waals surface area contributed by atoms with Crippen molar-refractivity contribution in [2.45, 2.75) is 60.3 Å². The van der Waals surface area contributed by atoms with E-state index in [0.717, 1.165) is 11.8 Å². The van der Waals surface area contributed by atoms with Gasteiger partial charge in [-0.25, -0.2) is 0 Å². The van der Waals surface area contributed by atoms with Gasteiger partial charge in [0.15, 0.2) is 0 Å². The molecule has 0 saturated heterocycles. The van der Waals surface area contributed by atoms with Crippen LogP contribution in [0.5, 0.6) is 0 Å². The summed E-state index contributed by atoms with van der Waals surface area (Å²) in [6.45, 7) is 11.4. The normalized spacial score (nSPS) is 39.2. The molecular weight excluding hydrogens is 240 g/mol. The molecule has 1 saturated carbocycles. The first-order valence-corrected chi connectivity index (χ1v) is 8.09. The second-order valence-electron chi connectivity index (χ2n) is 7.24. The zero-order valence-corrected chi connectivity index (χ0v) is 13.9. The van der Waals surface area contributed by atoms with E-state index in [2.05, 4.69) is 65.0 Å². The van der Waals surface area contributed by atoms with Crippen LogP contribution in [0.4, 0.5) is 0 Å². The zero-order valence-electron chi connectivity index (χ0n) is 13.9. The lowest BCUT2D eigenvalue weighted by Gasteiger charge is -2.05. The predicted octanol–water partition coefficient (Wildman–Crippen LogP) is 6.23. The van der Waals surface area contributed by atoms with Gasteiger partial charge in [0.05, 0.1) is 0 Å². The molecule has 0 heterocycles. The third kappa shape index (κ3) is 3.53. The first kappa shape index (κ1) is 15.4. The molecule has 3 atom stereocenters. The topological polar surface area (TPSA) is 0 Å². The Bertz CT molecular complexity index is 468. The first-order chi connectivity index (χ1) is 9.43. The molecule has 0 heteroatoms. The van der Waals surface area contributed by atoms with Crippen molar-refractivity contribution in [3.05, 3.63) is 47.1 Å². The molecule has 0 spiro atoms. The summed E-state index contributed by atoms with van der Waals surface area (Å²) in [5.41, 5.74) is 4.92. The van der Waals surface area contributed by atoms with Crippen molar-refractivity contribution in [3.8, 4) is 0 Å². The van der Waals surface area contributed by atoms with Crippen molar-refractivity contribution < 1.29 is 0 Å². The van der Waals surface area contributed by atoms with Crippen LogP contribution in [-0.4, -0.2) is 0 Å². The van der Waals surface area contributed by atoms with Gasteiger partial charge in [-0.2, -0.15) is 0 Å². The van der Waals surface area contributed by atoms with Crippen molar-refractivity contribution in [1.29, 1.82) is 0 Å². The van der Waals surface area contributed by atoms with Gasteiger partial charge in [-0.3, -0.25) is 0 Å². The van der Waals surface area contributed by atoms with Crippen LogP contribution in [0.15, 0.2) is 47.1 Å². The van der Waals surface area contributed by atoms with E-state index < -0.39 is 0 Å². The maximum Gasteiger partial charge on any atom is -0.00433 e. The lowest BCUT2D eigenvalue weighted by atomic mass is 10.00. The Morgan fingerprint density at radius 3 is 2.65 bits per heavy atom. The Hall–Kier alpha value is -1.04. The highest BCUT2D eigenvalue weighted by Crippen LogP contribution is 2.63. The summed E-state index contributed by atoms with van der Waals surface area (Å²) in [6, 6.07) is 0. The predicted molar refractivity (Wildman–Crippen MR) is 89.6 cm³/mol. The van der Waals surface area contributed by atoms with E-state index in [9.17, 15) is 0 Å². The fraction of sp³-hybridized carbons (Fsp3) is 0.600. The molecule has 0 aromatic rings. The molecule has 0 N–H and O–H groups in total. The largest absolute Gasteiger partial charge is 0.0853 e. The molecule has 110 valence electrons. The van der Waals surface area contributed by atoms with Crippen molar-refractivity contribution >= 4 is 0 Å². The highest BCUT2D eigenvalue weighted by atomic mass is 14.6. The summed E-state index contributed by atoms with van der Waals surface area (Å²) in [7, 11) is 0. The van der Waals surface area contributed by atoms with E-state index in [1.54, 1.807) is 11.1 Å². The molecule has 0 aliphatic heterocycles. The quantitative estimate of drug-likeness (QED) is 0.412. The Labute approximate surface area is 125 Å². The van der Waals surface area contributed by atoms with Gasteiger partial charge in [-0.1, -0.05) is 54.0 Å². The fourth-order valence-electron chi connectivity index (χ4n) is 3.55. The molecule has 0 nitrogen and oxygen atoms in total. The lowest BCUT2D eigenvalue weighted by molar-refractivity contribution is 0.584. The summed E-state index contributed by atoms with van der Waals surface area (Å²) in [5, 5.41) is 0. The van der Waals surface area contributed by atoms with Crippen LogP contribution in [0.2, 0.25) is 0 Å². The Morgan fingerprint density at radius 2 is 1.95 bits per heavy atom. The van der Waals surface area contributed by atoms with Gasteiger partial charge in [0.1, 0.15) is 0 Å².